The Labute approximate surface area is 194 Å². The molecular formula is C28H29N3O2. The number of hydrogen-bond acceptors (Lipinski definition) is 3. The van der Waals surface area contributed by atoms with Crippen LogP contribution in [0.4, 0.5) is 0 Å². The molecule has 5 nitrogen and oxygen atoms in total. The number of aromatic nitrogens is 3. The molecule has 0 amide bonds. The number of aryl methyl sites for hydroxylation is 4. The van der Waals surface area contributed by atoms with Crippen molar-refractivity contribution in [1.82, 2.24) is 14.2 Å². The summed E-state index contributed by atoms with van der Waals surface area (Å²) < 4.78 is 15.3. The zero-order chi connectivity index (χ0) is 23.1. The third kappa shape index (κ3) is 3.54. The van der Waals surface area contributed by atoms with Crippen molar-refractivity contribution in [2.24, 2.45) is 0 Å². The van der Waals surface area contributed by atoms with Crippen molar-refractivity contribution < 1.29 is 9.47 Å². The largest absolute Gasteiger partial charge is 0.493 e. The van der Waals surface area contributed by atoms with Crippen LogP contribution in [0.15, 0.2) is 60.8 Å². The molecule has 168 valence electrons. The van der Waals surface area contributed by atoms with Gasteiger partial charge in [0.15, 0.2) is 11.5 Å². The van der Waals surface area contributed by atoms with Crippen molar-refractivity contribution in [3.63, 3.8) is 0 Å². The van der Waals surface area contributed by atoms with Gasteiger partial charge < -0.3 is 14.0 Å². The van der Waals surface area contributed by atoms with Gasteiger partial charge in [-0.25, -0.2) is 4.52 Å². The molecule has 3 aromatic heterocycles. The second-order valence-corrected chi connectivity index (χ2v) is 8.52. The Morgan fingerprint density at radius 3 is 2.24 bits per heavy atom. The number of benzene rings is 2. The SMILES string of the molecule is COc1ccc(CCn2c(C)c3c(C)nn4cc(-c5ccccc5)cc4c3c2C)cc1OC. The topological polar surface area (TPSA) is 40.7 Å². The second kappa shape index (κ2) is 8.32. The van der Waals surface area contributed by atoms with Crippen LogP contribution < -0.4 is 9.47 Å². The molecule has 5 aromatic rings. The van der Waals surface area contributed by atoms with Crippen LogP contribution in [0.2, 0.25) is 0 Å². The maximum atomic E-state index is 5.48. The van der Waals surface area contributed by atoms with Crippen molar-refractivity contribution in [3.8, 4) is 22.6 Å². The predicted octanol–water partition coefficient (Wildman–Crippen LogP) is 6.14. The van der Waals surface area contributed by atoms with Crippen LogP contribution in [0.1, 0.15) is 22.6 Å². The Hall–Kier alpha value is -3.73. The fourth-order valence-electron chi connectivity index (χ4n) is 4.97. The molecule has 0 atom stereocenters. The van der Waals surface area contributed by atoms with Gasteiger partial charge in [0.1, 0.15) is 0 Å². The van der Waals surface area contributed by atoms with E-state index in [1.54, 1.807) is 14.2 Å². The van der Waals surface area contributed by atoms with Gasteiger partial charge in [-0.1, -0.05) is 36.4 Å². The van der Waals surface area contributed by atoms with Crippen molar-refractivity contribution in [3.05, 3.63) is 83.4 Å². The van der Waals surface area contributed by atoms with E-state index in [-0.39, 0.29) is 0 Å². The van der Waals surface area contributed by atoms with E-state index in [1.165, 1.54) is 38.9 Å². The maximum absolute atomic E-state index is 5.48. The molecule has 5 rings (SSSR count). The second-order valence-electron chi connectivity index (χ2n) is 8.52. The van der Waals surface area contributed by atoms with Gasteiger partial charge in [0.2, 0.25) is 0 Å². The maximum Gasteiger partial charge on any atom is 0.160 e. The first-order valence-corrected chi connectivity index (χ1v) is 11.3. The molecular weight excluding hydrogens is 410 g/mol. The third-order valence-corrected chi connectivity index (χ3v) is 6.64. The van der Waals surface area contributed by atoms with Crippen LogP contribution in [0.3, 0.4) is 0 Å². The molecule has 0 saturated carbocycles. The highest BCUT2D eigenvalue weighted by molar-refractivity contribution is 6.02. The smallest absolute Gasteiger partial charge is 0.160 e. The molecule has 0 fully saturated rings. The van der Waals surface area contributed by atoms with Gasteiger partial charge in [0.25, 0.3) is 0 Å². The summed E-state index contributed by atoms with van der Waals surface area (Å²) in [5.41, 5.74) is 8.35. The molecule has 0 aliphatic carbocycles. The number of rotatable bonds is 6. The molecule has 33 heavy (non-hydrogen) atoms. The summed E-state index contributed by atoms with van der Waals surface area (Å²) in [5.74, 6) is 1.52. The number of ether oxygens (including phenoxy) is 2. The molecule has 0 bridgehead atoms. The lowest BCUT2D eigenvalue weighted by Crippen LogP contribution is -2.05. The molecule has 0 aliphatic rings. The van der Waals surface area contributed by atoms with Crippen LogP contribution in [0.25, 0.3) is 27.4 Å². The zero-order valence-corrected chi connectivity index (χ0v) is 19.8. The van der Waals surface area contributed by atoms with Crippen LogP contribution in [0.5, 0.6) is 11.5 Å². The van der Waals surface area contributed by atoms with E-state index in [1.807, 2.05) is 16.6 Å². The van der Waals surface area contributed by atoms with Gasteiger partial charge in [0, 0.05) is 40.5 Å². The number of hydrogen-bond donors (Lipinski definition) is 0. The van der Waals surface area contributed by atoms with Gasteiger partial charge in [-0.2, -0.15) is 5.10 Å². The van der Waals surface area contributed by atoms with Crippen LogP contribution in [-0.4, -0.2) is 28.4 Å². The lowest BCUT2D eigenvalue weighted by Gasteiger charge is -2.12. The lowest BCUT2D eigenvalue weighted by molar-refractivity contribution is 0.354. The summed E-state index contributed by atoms with van der Waals surface area (Å²) in [5, 5.41) is 7.44. The molecule has 5 heteroatoms. The molecule has 0 N–H and O–H groups in total. The van der Waals surface area contributed by atoms with E-state index in [2.05, 4.69) is 74.0 Å². The fraction of sp³-hybridized carbons (Fsp3) is 0.250. The summed E-state index contributed by atoms with van der Waals surface area (Å²) in [7, 11) is 3.34. The highest BCUT2D eigenvalue weighted by Crippen LogP contribution is 2.34. The summed E-state index contributed by atoms with van der Waals surface area (Å²) in [6, 6.07) is 18.9. The molecule has 0 unspecified atom stereocenters. The fourth-order valence-corrected chi connectivity index (χ4v) is 4.97. The van der Waals surface area contributed by atoms with E-state index < -0.39 is 0 Å². The van der Waals surface area contributed by atoms with Gasteiger partial charge >= 0.3 is 0 Å². The highest BCUT2D eigenvalue weighted by Gasteiger charge is 2.18. The first-order chi connectivity index (χ1) is 16.0. The summed E-state index contributed by atoms with van der Waals surface area (Å²) in [6.07, 6.45) is 3.04. The van der Waals surface area contributed by atoms with Crippen molar-refractivity contribution >= 4 is 16.3 Å². The number of nitrogens with zero attached hydrogens (tertiary/aromatic N) is 3. The highest BCUT2D eigenvalue weighted by atomic mass is 16.5. The Morgan fingerprint density at radius 2 is 1.52 bits per heavy atom. The molecule has 0 saturated heterocycles. The Kier molecular flexibility index (Phi) is 5.33. The van der Waals surface area contributed by atoms with Crippen molar-refractivity contribution in [2.45, 2.75) is 33.7 Å². The van der Waals surface area contributed by atoms with Gasteiger partial charge in [-0.05, 0) is 56.5 Å². The Morgan fingerprint density at radius 1 is 0.788 bits per heavy atom. The monoisotopic (exact) mass is 439 g/mol. The summed E-state index contributed by atoms with van der Waals surface area (Å²) in [4.78, 5) is 0. The van der Waals surface area contributed by atoms with Crippen LogP contribution in [-0.2, 0) is 13.0 Å². The Bertz CT molecular complexity index is 1460. The van der Waals surface area contributed by atoms with E-state index >= 15 is 0 Å². The standard InChI is InChI=1S/C28H29N3O2/c1-18-27-19(2)30(14-13-21-11-12-25(32-4)26(15-21)33-5)20(3)28(27)24-16-23(17-31(24)29-18)22-9-7-6-8-10-22/h6-12,15-17H,13-14H2,1-5H3. The van der Waals surface area contributed by atoms with E-state index in [0.717, 1.165) is 35.7 Å². The summed E-state index contributed by atoms with van der Waals surface area (Å²) in [6.45, 7) is 7.42. The first-order valence-electron chi connectivity index (χ1n) is 11.3. The van der Waals surface area contributed by atoms with Gasteiger partial charge in [-0.15, -0.1) is 0 Å². The number of fused-ring (bicyclic) bond motifs is 3. The van der Waals surface area contributed by atoms with Crippen LogP contribution >= 0.6 is 0 Å². The number of methoxy groups -OCH3 is 2. The zero-order valence-electron chi connectivity index (χ0n) is 19.8. The third-order valence-electron chi connectivity index (χ3n) is 6.64. The summed E-state index contributed by atoms with van der Waals surface area (Å²) >= 11 is 0. The van der Waals surface area contributed by atoms with Crippen molar-refractivity contribution in [2.75, 3.05) is 14.2 Å². The normalized spacial score (nSPS) is 11.4. The molecule has 0 spiro atoms. The van der Waals surface area contributed by atoms with E-state index in [4.69, 9.17) is 14.6 Å². The molecule has 0 aliphatic heterocycles. The van der Waals surface area contributed by atoms with Gasteiger partial charge in [-0.3, -0.25) is 0 Å². The first kappa shape index (κ1) is 21.1. The molecule has 2 aromatic carbocycles. The van der Waals surface area contributed by atoms with Gasteiger partial charge in [0.05, 0.1) is 25.4 Å². The quantitative estimate of drug-likeness (QED) is 0.319. The molecule has 3 heterocycles. The van der Waals surface area contributed by atoms with Crippen LogP contribution in [0, 0.1) is 20.8 Å². The van der Waals surface area contributed by atoms with E-state index in [0.29, 0.717) is 0 Å². The minimum Gasteiger partial charge on any atom is -0.493 e. The Balaban J connectivity index is 1.57. The van der Waals surface area contributed by atoms with E-state index in [9.17, 15) is 0 Å². The lowest BCUT2D eigenvalue weighted by atomic mass is 10.1. The predicted molar refractivity (Wildman–Crippen MR) is 134 cm³/mol. The minimum atomic E-state index is 0.756. The average molecular weight is 440 g/mol. The average Bonchev–Trinajstić information content (AvgIpc) is 3.37. The molecule has 0 radical (unpaired) electrons. The van der Waals surface area contributed by atoms with Crippen molar-refractivity contribution in [1.29, 1.82) is 0 Å². The minimum absolute atomic E-state index is 0.756.